The molecule has 0 saturated heterocycles. The van der Waals surface area contributed by atoms with Gasteiger partial charge in [0.2, 0.25) is 11.8 Å². The molecule has 0 fully saturated rings. The average Bonchev–Trinajstić information content (AvgIpc) is 2.93. The fourth-order valence-electron chi connectivity index (χ4n) is 3.69. The van der Waals surface area contributed by atoms with Crippen molar-refractivity contribution in [2.75, 3.05) is 11.9 Å². The normalized spacial score (nSPS) is 12.4. The maximum atomic E-state index is 13.2. The predicted molar refractivity (Wildman–Crippen MR) is 162 cm³/mol. The van der Waals surface area contributed by atoms with Crippen molar-refractivity contribution in [1.82, 2.24) is 16.0 Å². The fraction of sp³-hybridized carbons (Fsp3) is 0.467. The number of rotatable bonds is 14. The van der Waals surface area contributed by atoms with Crippen LogP contribution in [0.1, 0.15) is 64.5 Å². The lowest BCUT2D eigenvalue weighted by Crippen LogP contribution is -2.52. The summed E-state index contributed by atoms with van der Waals surface area (Å²) in [6.45, 7) is 7.54. The first-order valence-corrected chi connectivity index (χ1v) is 14.8. The van der Waals surface area contributed by atoms with E-state index in [1.54, 1.807) is 39.8 Å². The molecular formula is C30H41BrN4O6. The van der Waals surface area contributed by atoms with Crippen molar-refractivity contribution in [3.8, 4) is 0 Å². The van der Waals surface area contributed by atoms with Crippen LogP contribution < -0.4 is 21.3 Å². The molecule has 0 saturated carbocycles. The van der Waals surface area contributed by atoms with Gasteiger partial charge in [0.1, 0.15) is 24.3 Å². The highest BCUT2D eigenvalue weighted by atomic mass is 79.9. The molecule has 0 spiro atoms. The Balaban J connectivity index is 1.97. The lowest BCUT2D eigenvalue weighted by Gasteiger charge is -2.23. The fourth-order valence-corrected chi connectivity index (χ4v) is 4.06. The van der Waals surface area contributed by atoms with Crippen LogP contribution in [-0.4, -0.2) is 48.2 Å². The zero-order valence-corrected chi connectivity index (χ0v) is 25.7. The summed E-state index contributed by atoms with van der Waals surface area (Å²) in [4.78, 5) is 50.5. The molecule has 0 heterocycles. The van der Waals surface area contributed by atoms with Gasteiger partial charge in [0.25, 0.3) is 0 Å². The number of amides is 4. The molecule has 0 aliphatic heterocycles. The zero-order valence-electron chi connectivity index (χ0n) is 24.1. The lowest BCUT2D eigenvalue weighted by atomic mass is 10.1. The standard InChI is InChI=1S/C30H41BrN4O6/c1-5-24(35-29(39)40-20-22-11-7-6-8-12-22)26(36)34-25(13-9-10-18-32-28(38)41-30(2,3)4)27(37)33-23-16-14-21(19-31)15-17-23/h6-8,11-12,14-17,24-25H,5,9-10,13,18-20H2,1-4H3,(H,32,38)(H,33,37)(H,34,36)(H,35,39)/t24-,25-/m0/s1. The van der Waals surface area contributed by atoms with E-state index < -0.39 is 35.8 Å². The van der Waals surface area contributed by atoms with Gasteiger partial charge in [-0.2, -0.15) is 0 Å². The highest BCUT2D eigenvalue weighted by molar-refractivity contribution is 9.08. The van der Waals surface area contributed by atoms with E-state index in [1.807, 2.05) is 42.5 Å². The second-order valence-electron chi connectivity index (χ2n) is 10.5. The maximum absolute atomic E-state index is 13.2. The van der Waals surface area contributed by atoms with Crippen molar-refractivity contribution in [2.24, 2.45) is 0 Å². The molecule has 2 aromatic carbocycles. The first-order chi connectivity index (χ1) is 19.5. The molecule has 2 aromatic rings. The number of halogens is 1. The molecule has 4 amide bonds. The molecule has 0 bridgehead atoms. The van der Waals surface area contributed by atoms with Crippen molar-refractivity contribution < 1.29 is 28.7 Å². The summed E-state index contributed by atoms with van der Waals surface area (Å²) in [7, 11) is 0. The van der Waals surface area contributed by atoms with Crippen LogP contribution in [-0.2, 0) is 31.0 Å². The molecule has 4 N–H and O–H groups in total. The highest BCUT2D eigenvalue weighted by Gasteiger charge is 2.26. The van der Waals surface area contributed by atoms with Gasteiger partial charge in [0.05, 0.1) is 0 Å². The number of nitrogens with one attached hydrogen (secondary N) is 4. The zero-order chi connectivity index (χ0) is 30.3. The summed E-state index contributed by atoms with van der Waals surface area (Å²) in [5, 5.41) is 11.6. The number of alkyl halides is 1. The third-order valence-electron chi connectivity index (χ3n) is 5.83. The second-order valence-corrected chi connectivity index (χ2v) is 11.0. The molecule has 10 nitrogen and oxygen atoms in total. The van der Waals surface area contributed by atoms with Gasteiger partial charge < -0.3 is 30.7 Å². The van der Waals surface area contributed by atoms with Crippen LogP contribution in [0.3, 0.4) is 0 Å². The Kier molecular flexibility index (Phi) is 14.2. The van der Waals surface area contributed by atoms with Gasteiger partial charge in [-0.3, -0.25) is 9.59 Å². The van der Waals surface area contributed by atoms with Crippen LogP contribution >= 0.6 is 15.9 Å². The van der Waals surface area contributed by atoms with Crippen LogP contribution in [0.5, 0.6) is 0 Å². The van der Waals surface area contributed by atoms with Crippen molar-refractivity contribution in [1.29, 1.82) is 0 Å². The van der Waals surface area contributed by atoms with Crippen LogP contribution in [0.25, 0.3) is 0 Å². The van der Waals surface area contributed by atoms with E-state index in [2.05, 4.69) is 37.2 Å². The van der Waals surface area contributed by atoms with Gasteiger partial charge in [0.15, 0.2) is 0 Å². The molecule has 0 aromatic heterocycles. The third-order valence-corrected chi connectivity index (χ3v) is 6.47. The summed E-state index contributed by atoms with van der Waals surface area (Å²) < 4.78 is 10.5. The summed E-state index contributed by atoms with van der Waals surface area (Å²) >= 11 is 3.40. The number of hydrogen-bond acceptors (Lipinski definition) is 6. The first kappa shape index (κ1) is 33.6. The number of carbonyl (C=O) groups excluding carboxylic acids is 4. The lowest BCUT2D eigenvalue weighted by molar-refractivity contribution is -0.128. The number of carbonyl (C=O) groups is 4. The van der Waals surface area contributed by atoms with Gasteiger partial charge in [-0.1, -0.05) is 65.3 Å². The van der Waals surface area contributed by atoms with E-state index in [4.69, 9.17) is 9.47 Å². The van der Waals surface area contributed by atoms with Gasteiger partial charge in [-0.05, 0) is 69.7 Å². The summed E-state index contributed by atoms with van der Waals surface area (Å²) in [5.74, 6) is -0.877. The SMILES string of the molecule is CC[C@H](NC(=O)OCc1ccccc1)C(=O)N[C@@H](CCCCNC(=O)OC(C)(C)C)C(=O)Nc1ccc(CBr)cc1. The number of benzene rings is 2. The van der Waals surface area contributed by atoms with Crippen molar-refractivity contribution in [2.45, 2.75) is 83.0 Å². The van der Waals surface area contributed by atoms with Crippen molar-refractivity contribution in [3.05, 3.63) is 65.7 Å². The molecule has 41 heavy (non-hydrogen) atoms. The Morgan fingerprint density at radius 3 is 2.12 bits per heavy atom. The van der Waals surface area contributed by atoms with E-state index >= 15 is 0 Å². The molecule has 0 radical (unpaired) electrons. The van der Waals surface area contributed by atoms with E-state index in [1.165, 1.54) is 0 Å². The number of alkyl carbamates (subject to hydrolysis) is 2. The number of hydrogen-bond donors (Lipinski definition) is 4. The first-order valence-electron chi connectivity index (χ1n) is 13.7. The molecule has 0 unspecified atom stereocenters. The summed E-state index contributed by atoms with van der Waals surface area (Å²) in [6.07, 6.45) is 0.497. The monoisotopic (exact) mass is 632 g/mol. The largest absolute Gasteiger partial charge is 0.445 e. The minimum absolute atomic E-state index is 0.0704. The quantitative estimate of drug-likeness (QED) is 0.163. The van der Waals surface area contributed by atoms with Gasteiger partial charge in [-0.25, -0.2) is 9.59 Å². The van der Waals surface area contributed by atoms with Crippen LogP contribution in [0.2, 0.25) is 0 Å². The Morgan fingerprint density at radius 1 is 0.829 bits per heavy atom. The Labute approximate surface area is 250 Å². The van der Waals surface area contributed by atoms with E-state index in [-0.39, 0.29) is 12.5 Å². The van der Waals surface area contributed by atoms with Crippen LogP contribution in [0.15, 0.2) is 54.6 Å². The predicted octanol–water partition coefficient (Wildman–Crippen LogP) is 5.40. The maximum Gasteiger partial charge on any atom is 0.408 e. The molecule has 2 atom stereocenters. The number of unbranched alkanes of at least 4 members (excludes halogenated alkanes) is 1. The minimum atomic E-state index is -0.888. The summed E-state index contributed by atoms with van der Waals surface area (Å²) in [5.41, 5.74) is 1.88. The van der Waals surface area contributed by atoms with Crippen molar-refractivity contribution >= 4 is 45.6 Å². The Morgan fingerprint density at radius 2 is 1.51 bits per heavy atom. The van der Waals surface area contributed by atoms with Gasteiger partial charge >= 0.3 is 12.2 Å². The number of anilines is 1. The van der Waals surface area contributed by atoms with Crippen LogP contribution in [0, 0.1) is 0 Å². The van der Waals surface area contributed by atoms with E-state index in [9.17, 15) is 19.2 Å². The topological polar surface area (TPSA) is 135 Å². The minimum Gasteiger partial charge on any atom is -0.445 e. The molecular weight excluding hydrogens is 592 g/mol. The Hall–Kier alpha value is -3.60. The van der Waals surface area contributed by atoms with Gasteiger partial charge in [-0.15, -0.1) is 0 Å². The van der Waals surface area contributed by atoms with E-state index in [0.29, 0.717) is 43.2 Å². The second kappa shape index (κ2) is 17.3. The van der Waals surface area contributed by atoms with Gasteiger partial charge in [0, 0.05) is 17.6 Å². The summed E-state index contributed by atoms with van der Waals surface area (Å²) in [6, 6.07) is 14.8. The molecule has 0 aliphatic rings. The smallest absolute Gasteiger partial charge is 0.408 e. The molecule has 2 rings (SSSR count). The van der Waals surface area contributed by atoms with Crippen LogP contribution in [0.4, 0.5) is 15.3 Å². The molecule has 0 aliphatic carbocycles. The van der Waals surface area contributed by atoms with E-state index in [0.717, 1.165) is 11.1 Å². The third kappa shape index (κ3) is 13.5. The Bertz CT molecular complexity index is 1120. The number of ether oxygens (including phenoxy) is 2. The molecule has 11 heteroatoms. The highest BCUT2D eigenvalue weighted by Crippen LogP contribution is 2.14. The van der Waals surface area contributed by atoms with Crippen molar-refractivity contribution in [3.63, 3.8) is 0 Å². The molecule has 224 valence electrons. The average molecular weight is 634 g/mol.